The number of hydrogen-bond donors (Lipinski definition) is 0. The van der Waals surface area contributed by atoms with Gasteiger partial charge in [0.05, 0.1) is 5.75 Å². The second kappa shape index (κ2) is 4.81. The van der Waals surface area contributed by atoms with Crippen LogP contribution in [0, 0.1) is 12.3 Å². The van der Waals surface area contributed by atoms with Gasteiger partial charge in [0, 0.05) is 19.0 Å². The van der Waals surface area contributed by atoms with E-state index < -0.39 is 10.0 Å². The van der Waals surface area contributed by atoms with Gasteiger partial charge in [-0.25, -0.2) is 8.42 Å². The van der Waals surface area contributed by atoms with Crippen molar-refractivity contribution in [1.29, 1.82) is 0 Å². The Bertz CT molecular complexity index is 316. The minimum Gasteiger partial charge on any atom is -0.212 e. The molecule has 1 rings (SSSR count). The predicted octanol–water partition coefficient (Wildman–Crippen LogP) is 1.21. The summed E-state index contributed by atoms with van der Waals surface area (Å²) in [5.41, 5.74) is 0. The highest BCUT2D eigenvalue weighted by Crippen LogP contribution is 2.20. The Hall–Kier alpha value is -0.530. The zero-order valence-corrected chi connectivity index (χ0v) is 9.39. The van der Waals surface area contributed by atoms with E-state index in [0.29, 0.717) is 13.0 Å². The lowest BCUT2D eigenvalue weighted by Crippen LogP contribution is -2.44. The van der Waals surface area contributed by atoms with E-state index in [1.54, 1.807) is 4.31 Å². The molecule has 0 saturated carbocycles. The van der Waals surface area contributed by atoms with Crippen LogP contribution in [0.15, 0.2) is 0 Å². The van der Waals surface area contributed by atoms with Gasteiger partial charge in [0.2, 0.25) is 10.0 Å². The van der Waals surface area contributed by atoms with Crippen LogP contribution in [0.3, 0.4) is 0 Å². The standard InChI is InChI=1S/C10H17NO2S/c1-3-7-10(4-2)11-8-5-6-9-14(11,12)13/h1,10H,4-9H2,2H3. The summed E-state index contributed by atoms with van der Waals surface area (Å²) in [4.78, 5) is 0. The van der Waals surface area contributed by atoms with Crippen LogP contribution in [0.4, 0.5) is 0 Å². The third-order valence-corrected chi connectivity index (χ3v) is 4.62. The lowest BCUT2D eigenvalue weighted by Gasteiger charge is -2.32. The van der Waals surface area contributed by atoms with Crippen molar-refractivity contribution in [2.45, 2.75) is 38.6 Å². The van der Waals surface area contributed by atoms with Crippen LogP contribution in [0.25, 0.3) is 0 Å². The number of rotatable bonds is 3. The highest BCUT2D eigenvalue weighted by molar-refractivity contribution is 7.89. The quantitative estimate of drug-likeness (QED) is 0.664. The third kappa shape index (κ3) is 2.49. The van der Waals surface area contributed by atoms with Crippen LogP contribution in [0.2, 0.25) is 0 Å². The van der Waals surface area contributed by atoms with Gasteiger partial charge in [0.15, 0.2) is 0 Å². The highest BCUT2D eigenvalue weighted by atomic mass is 32.2. The molecule has 1 aliphatic rings. The van der Waals surface area contributed by atoms with Crippen molar-refractivity contribution in [2.24, 2.45) is 0 Å². The second-order valence-corrected chi connectivity index (χ2v) is 5.65. The molecule has 1 saturated heterocycles. The van der Waals surface area contributed by atoms with Crippen LogP contribution in [0.5, 0.6) is 0 Å². The zero-order valence-electron chi connectivity index (χ0n) is 8.57. The summed E-state index contributed by atoms with van der Waals surface area (Å²) < 4.78 is 25.0. The molecule has 14 heavy (non-hydrogen) atoms. The van der Waals surface area contributed by atoms with Gasteiger partial charge >= 0.3 is 0 Å². The Kier molecular flexibility index (Phi) is 3.97. The molecule has 1 atom stereocenters. The molecule has 0 N–H and O–H groups in total. The molecule has 1 aliphatic heterocycles. The maximum atomic E-state index is 11.7. The smallest absolute Gasteiger partial charge is 0.212 e. The second-order valence-electron chi connectivity index (χ2n) is 3.60. The first kappa shape index (κ1) is 11.5. The lowest BCUT2D eigenvalue weighted by molar-refractivity contribution is 0.297. The van der Waals surface area contributed by atoms with Crippen molar-refractivity contribution in [1.82, 2.24) is 4.31 Å². The molecule has 1 heterocycles. The van der Waals surface area contributed by atoms with Gasteiger partial charge in [-0.15, -0.1) is 12.3 Å². The van der Waals surface area contributed by atoms with E-state index in [0.717, 1.165) is 19.3 Å². The van der Waals surface area contributed by atoms with E-state index >= 15 is 0 Å². The van der Waals surface area contributed by atoms with Gasteiger partial charge < -0.3 is 0 Å². The monoisotopic (exact) mass is 215 g/mol. The molecule has 0 amide bonds. The summed E-state index contributed by atoms with van der Waals surface area (Å²) in [6.07, 6.45) is 8.29. The van der Waals surface area contributed by atoms with E-state index in [1.807, 2.05) is 6.92 Å². The maximum absolute atomic E-state index is 11.7. The number of hydrogen-bond acceptors (Lipinski definition) is 2. The van der Waals surface area contributed by atoms with Gasteiger partial charge in [-0.1, -0.05) is 6.92 Å². The maximum Gasteiger partial charge on any atom is 0.214 e. The van der Waals surface area contributed by atoms with Crippen LogP contribution in [-0.2, 0) is 10.0 Å². The molecular weight excluding hydrogens is 198 g/mol. The molecule has 1 unspecified atom stereocenters. The lowest BCUT2D eigenvalue weighted by atomic mass is 10.1. The van der Waals surface area contributed by atoms with Crippen LogP contribution >= 0.6 is 0 Å². The fourth-order valence-electron chi connectivity index (χ4n) is 1.80. The van der Waals surface area contributed by atoms with Crippen molar-refractivity contribution in [3.8, 4) is 12.3 Å². The largest absolute Gasteiger partial charge is 0.214 e. The fraction of sp³-hybridized carbons (Fsp3) is 0.800. The summed E-state index contributed by atoms with van der Waals surface area (Å²) in [5.74, 6) is 2.83. The van der Waals surface area contributed by atoms with Gasteiger partial charge in [-0.05, 0) is 19.3 Å². The molecule has 0 aliphatic carbocycles. The Morgan fingerprint density at radius 1 is 1.50 bits per heavy atom. The molecule has 0 spiro atoms. The van der Waals surface area contributed by atoms with Gasteiger partial charge in [0.25, 0.3) is 0 Å². The molecule has 0 aromatic carbocycles. The van der Waals surface area contributed by atoms with Crippen molar-refractivity contribution in [3.05, 3.63) is 0 Å². The van der Waals surface area contributed by atoms with Gasteiger partial charge in [0.1, 0.15) is 0 Å². The number of sulfonamides is 1. The van der Waals surface area contributed by atoms with Crippen molar-refractivity contribution in [3.63, 3.8) is 0 Å². The van der Waals surface area contributed by atoms with E-state index in [2.05, 4.69) is 5.92 Å². The molecular formula is C10H17NO2S. The topological polar surface area (TPSA) is 37.4 Å². The average molecular weight is 215 g/mol. The molecule has 3 nitrogen and oxygen atoms in total. The summed E-state index contributed by atoms with van der Waals surface area (Å²) in [6.45, 7) is 2.62. The van der Waals surface area contributed by atoms with Crippen LogP contribution in [0.1, 0.15) is 32.6 Å². The number of terminal acetylenes is 1. The zero-order chi connectivity index (χ0) is 10.6. The van der Waals surface area contributed by atoms with Crippen molar-refractivity contribution < 1.29 is 8.42 Å². The molecule has 0 aromatic rings. The molecule has 80 valence electrons. The van der Waals surface area contributed by atoms with Gasteiger partial charge in [-0.3, -0.25) is 0 Å². The van der Waals surface area contributed by atoms with Crippen LogP contribution in [-0.4, -0.2) is 31.1 Å². The van der Waals surface area contributed by atoms with Crippen molar-refractivity contribution >= 4 is 10.0 Å². The van der Waals surface area contributed by atoms with E-state index in [-0.39, 0.29) is 11.8 Å². The Morgan fingerprint density at radius 2 is 2.21 bits per heavy atom. The molecule has 1 fully saturated rings. The van der Waals surface area contributed by atoms with Gasteiger partial charge in [-0.2, -0.15) is 4.31 Å². The number of nitrogens with zero attached hydrogens (tertiary/aromatic N) is 1. The van der Waals surface area contributed by atoms with Crippen LogP contribution < -0.4 is 0 Å². The normalized spacial score (nSPS) is 24.0. The molecule has 0 radical (unpaired) electrons. The van der Waals surface area contributed by atoms with E-state index in [1.165, 1.54) is 0 Å². The first-order valence-corrected chi connectivity index (χ1v) is 6.65. The van der Waals surface area contributed by atoms with E-state index in [4.69, 9.17) is 6.42 Å². The fourth-order valence-corrected chi connectivity index (χ4v) is 3.69. The minimum absolute atomic E-state index is 0.00491. The summed E-state index contributed by atoms with van der Waals surface area (Å²) in [6, 6.07) is 0.00491. The average Bonchev–Trinajstić information content (AvgIpc) is 2.14. The Labute approximate surface area is 86.5 Å². The van der Waals surface area contributed by atoms with Crippen molar-refractivity contribution in [2.75, 3.05) is 12.3 Å². The first-order chi connectivity index (χ1) is 6.61. The van der Waals surface area contributed by atoms with E-state index in [9.17, 15) is 8.42 Å². The summed E-state index contributed by atoms with van der Waals surface area (Å²) in [5, 5.41) is 0. The minimum atomic E-state index is -3.02. The predicted molar refractivity (Wildman–Crippen MR) is 57.3 cm³/mol. The molecule has 4 heteroatoms. The third-order valence-electron chi connectivity index (χ3n) is 2.62. The summed E-state index contributed by atoms with van der Waals surface area (Å²) in [7, 11) is -3.02. The molecule has 0 aromatic heterocycles. The Morgan fingerprint density at radius 3 is 2.71 bits per heavy atom. The molecule has 0 bridgehead atoms. The SMILES string of the molecule is C#CCC(CC)N1CCCCS1(=O)=O. The first-order valence-electron chi connectivity index (χ1n) is 5.04. The summed E-state index contributed by atoms with van der Waals surface area (Å²) >= 11 is 0. The Balaban J connectivity index is 2.78. The highest BCUT2D eigenvalue weighted by Gasteiger charge is 2.30.